The van der Waals surface area contributed by atoms with Crippen LogP contribution in [0.2, 0.25) is 0 Å². The van der Waals surface area contributed by atoms with Crippen molar-refractivity contribution in [3.8, 4) is 0 Å². The largest absolute Gasteiger partial charge is 0.465 e. The summed E-state index contributed by atoms with van der Waals surface area (Å²) in [6.45, 7) is 0.638. The zero-order chi connectivity index (χ0) is 7.68. The molecular weight excluding hydrogens is 140 g/mol. The lowest BCUT2D eigenvalue weighted by molar-refractivity contribution is 0.552. The molecule has 0 atom stereocenters. The summed E-state index contributed by atoms with van der Waals surface area (Å²) >= 11 is 0. The van der Waals surface area contributed by atoms with E-state index in [1.54, 1.807) is 6.26 Å². The molecule has 0 unspecified atom stereocenters. The number of nitrogens with two attached hydrogens (primary N) is 1. The van der Waals surface area contributed by atoms with Gasteiger partial charge in [-0.05, 0) is 18.2 Å². The molecule has 3 nitrogen and oxygen atoms in total. The molecule has 0 fully saturated rings. The highest BCUT2D eigenvalue weighted by Gasteiger charge is 2.09. The van der Waals surface area contributed by atoms with Crippen molar-refractivity contribution in [3.63, 3.8) is 0 Å². The molecule has 0 aromatic carbocycles. The Labute approximate surface area is 64.2 Å². The Balaban J connectivity index is 2.28. The van der Waals surface area contributed by atoms with Crippen LogP contribution in [-0.4, -0.2) is 12.4 Å². The molecule has 0 saturated carbocycles. The van der Waals surface area contributed by atoms with E-state index in [1.165, 1.54) is 0 Å². The van der Waals surface area contributed by atoms with Gasteiger partial charge in [0.05, 0.1) is 12.8 Å². The van der Waals surface area contributed by atoms with Crippen molar-refractivity contribution in [1.29, 1.82) is 0 Å². The van der Waals surface area contributed by atoms with Gasteiger partial charge in [0.2, 0.25) is 0 Å². The van der Waals surface area contributed by atoms with Gasteiger partial charge in [-0.2, -0.15) is 0 Å². The third kappa shape index (κ3) is 1.05. The maximum Gasteiger partial charge on any atom is 0.131 e. The fourth-order valence-corrected chi connectivity index (χ4v) is 1.06. The summed E-state index contributed by atoms with van der Waals surface area (Å²) in [4.78, 5) is 4.02. The number of furan rings is 1. The predicted octanol–water partition coefficient (Wildman–Crippen LogP) is 1.03. The number of hydrogen-bond acceptors (Lipinski definition) is 3. The van der Waals surface area contributed by atoms with Gasteiger partial charge in [0.1, 0.15) is 11.6 Å². The van der Waals surface area contributed by atoms with Gasteiger partial charge in [-0.25, -0.2) is 0 Å². The Morgan fingerprint density at radius 1 is 1.55 bits per heavy atom. The maximum atomic E-state index is 5.46. The Morgan fingerprint density at radius 3 is 3.00 bits per heavy atom. The van der Waals surface area contributed by atoms with E-state index in [2.05, 4.69) is 4.99 Å². The van der Waals surface area contributed by atoms with Gasteiger partial charge in [0.25, 0.3) is 0 Å². The fraction of sp³-hybridized carbons (Fsp3) is 0.125. The van der Waals surface area contributed by atoms with Crippen molar-refractivity contribution in [3.05, 3.63) is 30.2 Å². The predicted molar refractivity (Wildman–Crippen MR) is 43.2 cm³/mol. The van der Waals surface area contributed by atoms with E-state index in [9.17, 15) is 0 Å². The molecule has 0 spiro atoms. The minimum absolute atomic E-state index is 0.580. The minimum atomic E-state index is 0.580. The third-order valence-corrected chi connectivity index (χ3v) is 1.59. The van der Waals surface area contributed by atoms with Crippen molar-refractivity contribution >= 4 is 11.4 Å². The summed E-state index contributed by atoms with van der Waals surface area (Å²) in [5, 5.41) is 0. The molecule has 11 heavy (non-hydrogen) atoms. The first-order valence-corrected chi connectivity index (χ1v) is 3.40. The van der Waals surface area contributed by atoms with Crippen LogP contribution < -0.4 is 5.73 Å². The zero-order valence-electron chi connectivity index (χ0n) is 5.95. The lowest BCUT2D eigenvalue weighted by Crippen LogP contribution is -2.03. The van der Waals surface area contributed by atoms with Gasteiger partial charge in [-0.3, -0.25) is 4.99 Å². The topological polar surface area (TPSA) is 51.5 Å². The van der Waals surface area contributed by atoms with Crippen LogP contribution in [0.1, 0.15) is 5.76 Å². The number of nitrogens with zero attached hydrogens (tertiary/aromatic N) is 1. The van der Waals surface area contributed by atoms with Crippen molar-refractivity contribution in [2.45, 2.75) is 0 Å². The summed E-state index contributed by atoms with van der Waals surface area (Å²) in [5.41, 5.74) is 6.51. The van der Waals surface area contributed by atoms with Crippen LogP contribution in [0.4, 0.5) is 0 Å². The summed E-state index contributed by atoms with van der Waals surface area (Å²) < 4.78 is 5.17. The van der Waals surface area contributed by atoms with E-state index < -0.39 is 0 Å². The molecule has 3 heteroatoms. The molecule has 0 bridgehead atoms. The van der Waals surface area contributed by atoms with Gasteiger partial charge in [0, 0.05) is 5.57 Å². The monoisotopic (exact) mass is 148 g/mol. The first kappa shape index (κ1) is 6.22. The van der Waals surface area contributed by atoms with Gasteiger partial charge in [-0.15, -0.1) is 0 Å². The van der Waals surface area contributed by atoms with E-state index in [0.717, 1.165) is 11.3 Å². The zero-order valence-corrected chi connectivity index (χ0v) is 5.95. The van der Waals surface area contributed by atoms with Crippen LogP contribution in [0.25, 0.3) is 5.57 Å². The Morgan fingerprint density at radius 2 is 2.45 bits per heavy atom. The highest BCUT2D eigenvalue weighted by Crippen LogP contribution is 2.17. The van der Waals surface area contributed by atoms with Gasteiger partial charge >= 0.3 is 0 Å². The standard InChI is InChI=1S/C8H8N2O/c9-8-4-6(5-10-8)7-2-1-3-11-7/h1-4H,5H2,(H2,9,10). The molecule has 0 saturated heterocycles. The normalized spacial score (nSPS) is 16.4. The minimum Gasteiger partial charge on any atom is -0.465 e. The molecule has 1 aliphatic heterocycles. The average Bonchev–Trinajstić information content (AvgIpc) is 2.55. The second kappa shape index (κ2) is 2.27. The smallest absolute Gasteiger partial charge is 0.131 e. The van der Waals surface area contributed by atoms with Gasteiger partial charge in [0.15, 0.2) is 0 Å². The fourth-order valence-electron chi connectivity index (χ4n) is 1.06. The molecule has 1 aliphatic rings. The van der Waals surface area contributed by atoms with Crippen LogP contribution in [0.5, 0.6) is 0 Å². The molecule has 56 valence electrons. The molecule has 0 amide bonds. The SMILES string of the molecule is NC1=NCC(c2ccco2)=C1. The maximum absolute atomic E-state index is 5.46. The summed E-state index contributed by atoms with van der Waals surface area (Å²) in [7, 11) is 0. The summed E-state index contributed by atoms with van der Waals surface area (Å²) in [5.74, 6) is 1.44. The molecule has 1 aromatic heterocycles. The van der Waals surface area contributed by atoms with Crippen molar-refractivity contribution in [2.24, 2.45) is 10.7 Å². The van der Waals surface area contributed by atoms with Crippen LogP contribution >= 0.6 is 0 Å². The second-order valence-electron chi connectivity index (χ2n) is 2.39. The van der Waals surface area contributed by atoms with Crippen molar-refractivity contribution < 1.29 is 4.42 Å². The lowest BCUT2D eigenvalue weighted by Gasteiger charge is -1.91. The van der Waals surface area contributed by atoms with E-state index >= 15 is 0 Å². The lowest BCUT2D eigenvalue weighted by atomic mass is 10.2. The summed E-state index contributed by atoms with van der Waals surface area (Å²) in [6.07, 6.45) is 3.48. The molecule has 2 heterocycles. The van der Waals surface area contributed by atoms with E-state index in [0.29, 0.717) is 12.4 Å². The number of aliphatic imine (C=N–C) groups is 1. The highest BCUT2D eigenvalue weighted by atomic mass is 16.3. The number of amidine groups is 1. The second-order valence-corrected chi connectivity index (χ2v) is 2.39. The van der Waals surface area contributed by atoms with E-state index in [4.69, 9.17) is 10.2 Å². The van der Waals surface area contributed by atoms with Crippen LogP contribution in [0.3, 0.4) is 0 Å². The number of rotatable bonds is 1. The van der Waals surface area contributed by atoms with Crippen LogP contribution in [0, 0.1) is 0 Å². The third-order valence-electron chi connectivity index (χ3n) is 1.59. The average molecular weight is 148 g/mol. The van der Waals surface area contributed by atoms with E-state index in [1.807, 2.05) is 18.2 Å². The quantitative estimate of drug-likeness (QED) is 0.646. The van der Waals surface area contributed by atoms with Crippen LogP contribution in [-0.2, 0) is 0 Å². The highest BCUT2D eigenvalue weighted by molar-refractivity contribution is 6.01. The Kier molecular flexibility index (Phi) is 1.28. The van der Waals surface area contributed by atoms with Crippen molar-refractivity contribution in [1.82, 2.24) is 0 Å². The first-order chi connectivity index (χ1) is 5.36. The van der Waals surface area contributed by atoms with Gasteiger partial charge < -0.3 is 10.2 Å². The van der Waals surface area contributed by atoms with E-state index in [-0.39, 0.29) is 0 Å². The summed E-state index contributed by atoms with van der Waals surface area (Å²) in [6, 6.07) is 3.75. The Bertz CT molecular complexity index is 309. The molecule has 0 aliphatic carbocycles. The molecule has 2 N–H and O–H groups in total. The molecule has 1 aromatic rings. The van der Waals surface area contributed by atoms with Crippen LogP contribution in [0.15, 0.2) is 33.9 Å². The number of hydrogen-bond donors (Lipinski definition) is 1. The van der Waals surface area contributed by atoms with Crippen molar-refractivity contribution in [2.75, 3.05) is 6.54 Å². The molecular formula is C8H8N2O. The van der Waals surface area contributed by atoms with Gasteiger partial charge in [-0.1, -0.05) is 0 Å². The Hall–Kier alpha value is -1.51. The first-order valence-electron chi connectivity index (χ1n) is 3.40. The molecule has 2 rings (SSSR count). The molecule has 0 radical (unpaired) electrons.